The Morgan fingerprint density at radius 3 is 2.31 bits per heavy atom. The summed E-state index contributed by atoms with van der Waals surface area (Å²) in [5, 5.41) is 4.91. The van der Waals surface area contributed by atoms with Crippen molar-refractivity contribution in [3.05, 3.63) is 57.8 Å². The Balaban J connectivity index is 1.45. The third-order valence-corrected chi connectivity index (χ3v) is 7.51. The Labute approximate surface area is 193 Å². The molecule has 1 aromatic carbocycles. The minimum atomic E-state index is -0.543. The molecule has 170 valence electrons. The van der Waals surface area contributed by atoms with Gasteiger partial charge in [-0.1, -0.05) is 24.3 Å². The lowest BCUT2D eigenvalue weighted by Crippen LogP contribution is -2.55. The molecule has 0 aliphatic carbocycles. The summed E-state index contributed by atoms with van der Waals surface area (Å²) in [6.07, 6.45) is 4.58. The number of benzene rings is 1. The molecule has 2 saturated heterocycles. The molecule has 32 heavy (non-hydrogen) atoms. The molecular weight excluding hydrogens is 422 g/mol. The second-order valence-electron chi connectivity index (χ2n) is 8.76. The van der Waals surface area contributed by atoms with E-state index in [4.69, 9.17) is 0 Å². The predicted octanol–water partition coefficient (Wildman–Crippen LogP) is 3.72. The number of hydrogen-bond acceptors (Lipinski definition) is 4. The van der Waals surface area contributed by atoms with Crippen molar-refractivity contribution in [3.63, 3.8) is 0 Å². The van der Waals surface area contributed by atoms with E-state index in [2.05, 4.69) is 5.32 Å². The van der Waals surface area contributed by atoms with Gasteiger partial charge in [-0.25, -0.2) is 0 Å². The third kappa shape index (κ3) is 5.04. The molecular formula is C25H31N3O3S. The van der Waals surface area contributed by atoms with E-state index in [0.717, 1.165) is 43.5 Å². The molecule has 0 spiro atoms. The zero-order chi connectivity index (χ0) is 22.5. The van der Waals surface area contributed by atoms with Crippen LogP contribution in [0.3, 0.4) is 0 Å². The van der Waals surface area contributed by atoms with Crippen LogP contribution in [0.4, 0.5) is 0 Å². The molecule has 7 heteroatoms. The summed E-state index contributed by atoms with van der Waals surface area (Å²) >= 11 is 1.38. The maximum atomic E-state index is 13.4. The SMILES string of the molecule is Cc1ccccc1C(=O)N1CCC([C@@H](NC(=O)c2cccs2)C(=O)N2CCCCC2)CC1. The Morgan fingerprint density at radius 1 is 0.938 bits per heavy atom. The van der Waals surface area contributed by atoms with Gasteiger partial charge in [0.2, 0.25) is 5.91 Å². The third-order valence-electron chi connectivity index (χ3n) is 6.64. The number of amides is 3. The zero-order valence-corrected chi connectivity index (χ0v) is 19.4. The first kappa shape index (κ1) is 22.5. The maximum absolute atomic E-state index is 13.4. The van der Waals surface area contributed by atoms with Crippen molar-refractivity contribution in [2.75, 3.05) is 26.2 Å². The van der Waals surface area contributed by atoms with E-state index < -0.39 is 6.04 Å². The summed E-state index contributed by atoms with van der Waals surface area (Å²) in [4.78, 5) is 43.6. The van der Waals surface area contributed by atoms with Gasteiger partial charge in [0.05, 0.1) is 4.88 Å². The highest BCUT2D eigenvalue weighted by Crippen LogP contribution is 2.25. The number of aryl methyl sites for hydroxylation is 1. The van der Waals surface area contributed by atoms with Crippen molar-refractivity contribution < 1.29 is 14.4 Å². The molecule has 0 unspecified atom stereocenters. The highest BCUT2D eigenvalue weighted by Gasteiger charge is 2.36. The largest absolute Gasteiger partial charge is 0.341 e. The minimum Gasteiger partial charge on any atom is -0.341 e. The number of nitrogens with zero attached hydrogens (tertiary/aromatic N) is 2. The Kier molecular flexibility index (Phi) is 7.25. The number of nitrogens with one attached hydrogen (secondary N) is 1. The van der Waals surface area contributed by atoms with Gasteiger partial charge < -0.3 is 15.1 Å². The highest BCUT2D eigenvalue weighted by molar-refractivity contribution is 7.12. The second kappa shape index (κ2) is 10.3. The van der Waals surface area contributed by atoms with Crippen molar-refractivity contribution >= 4 is 29.1 Å². The Hall–Kier alpha value is -2.67. The number of rotatable bonds is 5. The fourth-order valence-electron chi connectivity index (χ4n) is 4.73. The molecule has 4 rings (SSSR count). The predicted molar refractivity (Wildman–Crippen MR) is 126 cm³/mol. The summed E-state index contributed by atoms with van der Waals surface area (Å²) in [6, 6.07) is 10.7. The number of piperidine rings is 2. The first-order valence-corrected chi connectivity index (χ1v) is 12.4. The minimum absolute atomic E-state index is 0.0225. The molecule has 2 aliphatic heterocycles. The average Bonchev–Trinajstić information content (AvgIpc) is 3.38. The first-order valence-electron chi connectivity index (χ1n) is 11.5. The molecule has 3 heterocycles. The topological polar surface area (TPSA) is 69.7 Å². The molecule has 2 aliphatic rings. The summed E-state index contributed by atoms with van der Waals surface area (Å²) in [7, 11) is 0. The molecule has 6 nitrogen and oxygen atoms in total. The van der Waals surface area contributed by atoms with Gasteiger partial charge in [-0.05, 0) is 68.0 Å². The number of likely N-dealkylation sites (tertiary alicyclic amines) is 2. The lowest BCUT2D eigenvalue weighted by molar-refractivity contribution is -0.136. The van der Waals surface area contributed by atoms with Gasteiger partial charge in [-0.3, -0.25) is 14.4 Å². The lowest BCUT2D eigenvalue weighted by Gasteiger charge is -2.38. The van der Waals surface area contributed by atoms with Crippen molar-refractivity contribution in [2.24, 2.45) is 5.92 Å². The lowest BCUT2D eigenvalue weighted by atomic mass is 9.87. The van der Waals surface area contributed by atoms with Gasteiger partial charge in [0.15, 0.2) is 0 Å². The summed E-state index contributed by atoms with van der Waals surface area (Å²) in [5.74, 6) is -0.0931. The van der Waals surface area contributed by atoms with Gasteiger partial charge in [0.25, 0.3) is 11.8 Å². The molecule has 0 radical (unpaired) electrons. The second-order valence-corrected chi connectivity index (χ2v) is 9.71. The van der Waals surface area contributed by atoms with Gasteiger partial charge in [-0.2, -0.15) is 0 Å². The van der Waals surface area contributed by atoms with Crippen LogP contribution in [0.15, 0.2) is 41.8 Å². The van der Waals surface area contributed by atoms with Crippen LogP contribution in [-0.4, -0.2) is 59.7 Å². The number of carbonyl (C=O) groups excluding carboxylic acids is 3. The standard InChI is InChI=1S/C25H31N3O3S/c1-18-8-3-4-9-20(18)24(30)28-15-11-19(12-16-28)22(25(31)27-13-5-2-6-14-27)26-23(29)21-10-7-17-32-21/h3-4,7-10,17,19,22H,2,5-6,11-16H2,1H3,(H,26,29)/t22-/m1/s1. The van der Waals surface area contributed by atoms with Crippen LogP contribution in [-0.2, 0) is 4.79 Å². The van der Waals surface area contributed by atoms with Crippen LogP contribution >= 0.6 is 11.3 Å². The molecule has 1 aromatic heterocycles. The summed E-state index contributed by atoms with van der Waals surface area (Å²) < 4.78 is 0. The van der Waals surface area contributed by atoms with E-state index in [1.165, 1.54) is 11.3 Å². The molecule has 2 fully saturated rings. The molecule has 0 bridgehead atoms. The first-order chi connectivity index (χ1) is 15.5. The van der Waals surface area contributed by atoms with Gasteiger partial charge in [-0.15, -0.1) is 11.3 Å². The van der Waals surface area contributed by atoms with Crippen molar-refractivity contribution in [1.29, 1.82) is 0 Å². The highest BCUT2D eigenvalue weighted by atomic mass is 32.1. The van der Waals surface area contributed by atoms with Crippen LogP contribution < -0.4 is 5.32 Å². The summed E-state index contributed by atoms with van der Waals surface area (Å²) in [5.41, 5.74) is 1.71. The van der Waals surface area contributed by atoms with Crippen LogP contribution in [0.1, 0.15) is 57.7 Å². The monoisotopic (exact) mass is 453 g/mol. The van der Waals surface area contributed by atoms with Crippen LogP contribution in [0, 0.1) is 12.8 Å². The fraction of sp³-hybridized carbons (Fsp3) is 0.480. The fourth-order valence-corrected chi connectivity index (χ4v) is 5.36. The average molecular weight is 454 g/mol. The van der Waals surface area contributed by atoms with E-state index in [1.807, 2.05) is 52.4 Å². The van der Waals surface area contributed by atoms with E-state index in [-0.39, 0.29) is 23.6 Å². The van der Waals surface area contributed by atoms with Gasteiger partial charge >= 0.3 is 0 Å². The zero-order valence-electron chi connectivity index (χ0n) is 18.6. The van der Waals surface area contributed by atoms with Crippen molar-refractivity contribution in [3.8, 4) is 0 Å². The number of carbonyl (C=O) groups is 3. The van der Waals surface area contributed by atoms with Gasteiger partial charge in [0, 0.05) is 31.7 Å². The number of hydrogen-bond donors (Lipinski definition) is 1. The molecule has 0 saturated carbocycles. The van der Waals surface area contributed by atoms with Gasteiger partial charge in [0.1, 0.15) is 6.04 Å². The van der Waals surface area contributed by atoms with E-state index in [1.54, 1.807) is 6.07 Å². The molecule has 1 N–H and O–H groups in total. The van der Waals surface area contributed by atoms with Crippen molar-refractivity contribution in [2.45, 2.75) is 45.1 Å². The van der Waals surface area contributed by atoms with Crippen LogP contribution in [0.25, 0.3) is 0 Å². The molecule has 2 aromatic rings. The maximum Gasteiger partial charge on any atom is 0.262 e. The molecule has 3 amide bonds. The normalized spacial score (nSPS) is 18.3. The van der Waals surface area contributed by atoms with E-state index in [0.29, 0.717) is 30.8 Å². The Bertz CT molecular complexity index is 945. The summed E-state index contributed by atoms with van der Waals surface area (Å²) in [6.45, 7) is 4.66. The molecule has 1 atom stereocenters. The van der Waals surface area contributed by atoms with E-state index >= 15 is 0 Å². The smallest absolute Gasteiger partial charge is 0.262 e. The van der Waals surface area contributed by atoms with Crippen LogP contribution in [0.2, 0.25) is 0 Å². The van der Waals surface area contributed by atoms with Crippen LogP contribution in [0.5, 0.6) is 0 Å². The Morgan fingerprint density at radius 2 is 1.66 bits per heavy atom. The van der Waals surface area contributed by atoms with Crippen molar-refractivity contribution in [1.82, 2.24) is 15.1 Å². The quantitative estimate of drug-likeness (QED) is 0.750. The van der Waals surface area contributed by atoms with E-state index in [9.17, 15) is 14.4 Å². The number of thiophene rings is 1.